The molecule has 0 amide bonds. The van der Waals surface area contributed by atoms with Crippen molar-refractivity contribution in [2.45, 2.75) is 71.2 Å². The van der Waals surface area contributed by atoms with Gasteiger partial charge in [-0.25, -0.2) is 9.78 Å². The van der Waals surface area contributed by atoms with Crippen molar-refractivity contribution in [2.75, 3.05) is 6.61 Å². The predicted octanol–water partition coefficient (Wildman–Crippen LogP) is 3.43. The Balaban J connectivity index is 1.92. The number of unbranched alkanes of at least 4 members (excludes halogenated alkanes) is 2. The SMILES string of the molecule is CCCCC[C@]1(C)C[C@@]2(C)CCO[C@H]2OO1. The van der Waals surface area contributed by atoms with E-state index in [1.54, 1.807) is 0 Å². The van der Waals surface area contributed by atoms with E-state index in [1.165, 1.54) is 19.3 Å². The lowest BCUT2D eigenvalue weighted by molar-refractivity contribution is -0.462. The molecular formula is C13H24O3. The molecule has 94 valence electrons. The topological polar surface area (TPSA) is 27.7 Å². The third kappa shape index (κ3) is 2.41. The first-order chi connectivity index (χ1) is 7.58. The van der Waals surface area contributed by atoms with Crippen molar-refractivity contribution in [2.24, 2.45) is 5.41 Å². The lowest BCUT2D eigenvalue weighted by atomic mass is 9.75. The minimum atomic E-state index is -0.147. The third-order valence-electron chi connectivity index (χ3n) is 3.94. The zero-order valence-corrected chi connectivity index (χ0v) is 10.8. The van der Waals surface area contributed by atoms with Crippen LogP contribution < -0.4 is 0 Å². The maximum Gasteiger partial charge on any atom is 0.196 e. The Labute approximate surface area is 98.4 Å². The molecule has 2 heterocycles. The summed E-state index contributed by atoms with van der Waals surface area (Å²) in [5.74, 6) is 0. The van der Waals surface area contributed by atoms with Gasteiger partial charge in [0, 0.05) is 5.41 Å². The fourth-order valence-corrected chi connectivity index (χ4v) is 2.96. The summed E-state index contributed by atoms with van der Waals surface area (Å²) in [4.78, 5) is 11.0. The van der Waals surface area contributed by atoms with E-state index < -0.39 is 0 Å². The molecule has 2 aliphatic rings. The minimum Gasteiger partial charge on any atom is -0.349 e. The first-order valence-corrected chi connectivity index (χ1v) is 6.54. The first-order valence-electron chi connectivity index (χ1n) is 6.54. The number of ether oxygens (including phenoxy) is 1. The molecule has 0 bridgehead atoms. The second-order valence-electron chi connectivity index (χ2n) is 5.87. The van der Waals surface area contributed by atoms with Crippen molar-refractivity contribution in [3.63, 3.8) is 0 Å². The highest BCUT2D eigenvalue weighted by Gasteiger charge is 2.51. The second kappa shape index (κ2) is 4.63. The average molecular weight is 228 g/mol. The van der Waals surface area contributed by atoms with Gasteiger partial charge in [-0.3, -0.25) is 0 Å². The minimum absolute atomic E-state index is 0.117. The third-order valence-corrected chi connectivity index (χ3v) is 3.94. The van der Waals surface area contributed by atoms with E-state index in [9.17, 15) is 0 Å². The van der Waals surface area contributed by atoms with Crippen molar-refractivity contribution in [1.29, 1.82) is 0 Å². The largest absolute Gasteiger partial charge is 0.349 e. The summed E-state index contributed by atoms with van der Waals surface area (Å²) >= 11 is 0. The molecule has 3 heteroatoms. The smallest absolute Gasteiger partial charge is 0.196 e. The molecule has 16 heavy (non-hydrogen) atoms. The average Bonchev–Trinajstić information content (AvgIpc) is 2.58. The van der Waals surface area contributed by atoms with Crippen molar-refractivity contribution in [3.8, 4) is 0 Å². The Morgan fingerprint density at radius 1 is 1.25 bits per heavy atom. The molecule has 0 aromatic carbocycles. The molecule has 2 saturated heterocycles. The molecule has 0 spiro atoms. The van der Waals surface area contributed by atoms with Crippen LogP contribution in [0.25, 0.3) is 0 Å². The van der Waals surface area contributed by atoms with Crippen LogP contribution >= 0.6 is 0 Å². The van der Waals surface area contributed by atoms with Gasteiger partial charge in [0.05, 0.1) is 6.61 Å². The van der Waals surface area contributed by atoms with Crippen LogP contribution in [0.5, 0.6) is 0 Å². The summed E-state index contributed by atoms with van der Waals surface area (Å²) in [5, 5.41) is 0. The van der Waals surface area contributed by atoms with Crippen LogP contribution in [0.4, 0.5) is 0 Å². The van der Waals surface area contributed by atoms with Gasteiger partial charge in [0.1, 0.15) is 5.60 Å². The summed E-state index contributed by atoms with van der Waals surface area (Å²) < 4.78 is 5.53. The number of rotatable bonds is 4. The number of fused-ring (bicyclic) bond motifs is 1. The molecule has 0 aromatic rings. The van der Waals surface area contributed by atoms with Crippen molar-refractivity contribution in [1.82, 2.24) is 0 Å². The van der Waals surface area contributed by atoms with Gasteiger partial charge in [0.15, 0.2) is 6.29 Å². The molecule has 3 atom stereocenters. The zero-order valence-electron chi connectivity index (χ0n) is 10.8. The fraction of sp³-hybridized carbons (Fsp3) is 1.00. The first kappa shape index (κ1) is 12.3. The molecule has 3 nitrogen and oxygen atoms in total. The Bertz CT molecular complexity index is 243. The molecule has 2 aliphatic heterocycles. The molecule has 0 aromatic heterocycles. The van der Waals surface area contributed by atoms with Gasteiger partial charge in [-0.15, -0.1) is 0 Å². The van der Waals surface area contributed by atoms with Crippen LogP contribution in [-0.4, -0.2) is 18.5 Å². The van der Waals surface area contributed by atoms with Crippen LogP contribution in [0.1, 0.15) is 59.3 Å². The van der Waals surface area contributed by atoms with E-state index >= 15 is 0 Å². The second-order valence-corrected chi connectivity index (χ2v) is 5.87. The highest BCUT2D eigenvalue weighted by molar-refractivity contribution is 4.92. The standard InChI is InChI=1S/C13H24O3/c1-4-5-6-7-13(3)10-12(2)8-9-14-11(12)15-16-13/h11H,4-10H2,1-3H3/t11-,12+,13+/m0/s1. The highest BCUT2D eigenvalue weighted by Crippen LogP contribution is 2.48. The van der Waals surface area contributed by atoms with E-state index in [-0.39, 0.29) is 17.3 Å². The lowest BCUT2D eigenvalue weighted by Crippen LogP contribution is -2.47. The monoisotopic (exact) mass is 228 g/mol. The van der Waals surface area contributed by atoms with E-state index in [4.69, 9.17) is 14.5 Å². The predicted molar refractivity (Wildman–Crippen MR) is 61.8 cm³/mol. The van der Waals surface area contributed by atoms with Crippen molar-refractivity contribution < 1.29 is 14.5 Å². The Morgan fingerprint density at radius 3 is 2.81 bits per heavy atom. The van der Waals surface area contributed by atoms with E-state index in [1.807, 2.05) is 0 Å². The molecule has 0 radical (unpaired) electrons. The van der Waals surface area contributed by atoms with Gasteiger partial charge in [-0.1, -0.05) is 33.1 Å². The number of hydrogen-bond donors (Lipinski definition) is 0. The molecule has 2 fully saturated rings. The number of hydrogen-bond acceptors (Lipinski definition) is 3. The molecule has 0 N–H and O–H groups in total. The van der Waals surface area contributed by atoms with Crippen molar-refractivity contribution in [3.05, 3.63) is 0 Å². The van der Waals surface area contributed by atoms with E-state index in [0.29, 0.717) is 0 Å². The Morgan fingerprint density at radius 2 is 2.06 bits per heavy atom. The van der Waals surface area contributed by atoms with Gasteiger partial charge in [0.2, 0.25) is 0 Å². The van der Waals surface area contributed by atoms with Gasteiger partial charge in [0.25, 0.3) is 0 Å². The van der Waals surface area contributed by atoms with E-state index in [0.717, 1.165) is 25.9 Å². The lowest BCUT2D eigenvalue weighted by Gasteiger charge is -2.43. The normalized spacial score (nSPS) is 43.3. The summed E-state index contributed by atoms with van der Waals surface area (Å²) in [7, 11) is 0. The summed E-state index contributed by atoms with van der Waals surface area (Å²) in [6.07, 6.45) is 6.82. The van der Waals surface area contributed by atoms with Gasteiger partial charge < -0.3 is 4.74 Å². The maximum absolute atomic E-state index is 5.57. The molecule has 0 saturated carbocycles. The van der Waals surface area contributed by atoms with Crippen molar-refractivity contribution >= 4 is 0 Å². The van der Waals surface area contributed by atoms with Crippen LogP contribution in [0.2, 0.25) is 0 Å². The highest BCUT2D eigenvalue weighted by atomic mass is 17.2. The molecule has 0 aliphatic carbocycles. The van der Waals surface area contributed by atoms with Gasteiger partial charge >= 0.3 is 0 Å². The van der Waals surface area contributed by atoms with Crippen LogP contribution in [0.15, 0.2) is 0 Å². The molecular weight excluding hydrogens is 204 g/mol. The maximum atomic E-state index is 5.57. The van der Waals surface area contributed by atoms with Crippen LogP contribution in [0, 0.1) is 5.41 Å². The Kier molecular flexibility index (Phi) is 3.57. The zero-order chi connectivity index (χ0) is 11.6. The van der Waals surface area contributed by atoms with Gasteiger partial charge in [-0.2, -0.15) is 0 Å². The van der Waals surface area contributed by atoms with E-state index in [2.05, 4.69) is 20.8 Å². The summed E-state index contributed by atoms with van der Waals surface area (Å²) in [6, 6.07) is 0. The Hall–Kier alpha value is -0.120. The summed E-state index contributed by atoms with van der Waals surface area (Å²) in [5.41, 5.74) is 0.0351. The quantitative estimate of drug-likeness (QED) is 0.545. The van der Waals surface area contributed by atoms with Crippen LogP contribution in [0.3, 0.4) is 0 Å². The molecule has 2 rings (SSSR count). The molecule has 0 unspecified atom stereocenters. The summed E-state index contributed by atoms with van der Waals surface area (Å²) in [6.45, 7) is 7.45. The van der Waals surface area contributed by atoms with Gasteiger partial charge in [-0.05, 0) is 26.2 Å². The van der Waals surface area contributed by atoms with Crippen LogP contribution in [-0.2, 0) is 14.5 Å². The fourth-order valence-electron chi connectivity index (χ4n) is 2.96.